The summed E-state index contributed by atoms with van der Waals surface area (Å²) in [5.74, 6) is -0.844. The Hall–Kier alpha value is -1.00. The summed E-state index contributed by atoms with van der Waals surface area (Å²) in [7, 11) is 0. The zero-order chi connectivity index (χ0) is 18.0. The molecule has 3 fully saturated rings. The molecule has 24 heavy (non-hydrogen) atoms. The van der Waals surface area contributed by atoms with E-state index in [-0.39, 0.29) is 17.5 Å². The van der Waals surface area contributed by atoms with Crippen molar-refractivity contribution in [1.82, 2.24) is 0 Å². The zero-order valence-electron chi connectivity index (χ0n) is 15.4. The van der Waals surface area contributed by atoms with Crippen LogP contribution in [0.25, 0.3) is 0 Å². The molecule has 4 heteroatoms. The van der Waals surface area contributed by atoms with Crippen LogP contribution in [0.3, 0.4) is 0 Å². The van der Waals surface area contributed by atoms with Crippen LogP contribution < -0.4 is 0 Å². The third kappa shape index (κ3) is 2.12. The highest BCUT2D eigenvalue weighted by Crippen LogP contribution is 2.68. The molecule has 2 saturated heterocycles. The molecule has 4 unspecified atom stereocenters. The molecule has 4 atom stereocenters. The Labute approximate surface area is 144 Å². The molecule has 1 aliphatic carbocycles. The van der Waals surface area contributed by atoms with Gasteiger partial charge in [-0.1, -0.05) is 27.4 Å². The molecular weight excluding hydrogens is 304 g/mol. The van der Waals surface area contributed by atoms with Crippen LogP contribution in [-0.4, -0.2) is 28.1 Å². The van der Waals surface area contributed by atoms with Crippen LogP contribution in [-0.2, 0) is 14.3 Å². The van der Waals surface area contributed by atoms with Gasteiger partial charge in [0.15, 0.2) is 5.79 Å². The number of fused-ring (bicyclic) bond motifs is 1. The monoisotopic (exact) mass is 334 g/mol. The van der Waals surface area contributed by atoms with Gasteiger partial charge in [0.1, 0.15) is 17.2 Å². The van der Waals surface area contributed by atoms with Crippen molar-refractivity contribution in [1.29, 1.82) is 0 Å². The second-order valence-corrected chi connectivity index (χ2v) is 8.93. The first-order valence-corrected chi connectivity index (χ1v) is 9.17. The summed E-state index contributed by atoms with van der Waals surface area (Å²) >= 11 is 0. The summed E-state index contributed by atoms with van der Waals surface area (Å²) < 4.78 is 6.29. The standard InChI is InChI=1S/C20H30O4/c1-13(2)15(21)8-9-17(4)12-19-14(3)6-7-16(22)18(19,5)10-11-20(17,23)24-19/h13,23H,3,6-12H2,1-2,4-5H3. The molecule has 0 aromatic carbocycles. The van der Waals surface area contributed by atoms with Crippen LogP contribution in [0.15, 0.2) is 12.2 Å². The summed E-state index contributed by atoms with van der Waals surface area (Å²) in [5.41, 5.74) is -0.975. The topological polar surface area (TPSA) is 63.6 Å². The summed E-state index contributed by atoms with van der Waals surface area (Å²) in [5, 5.41) is 11.3. The van der Waals surface area contributed by atoms with Crippen LogP contribution in [0.2, 0.25) is 0 Å². The van der Waals surface area contributed by atoms with Gasteiger partial charge in [-0.15, -0.1) is 0 Å². The van der Waals surface area contributed by atoms with E-state index in [2.05, 4.69) is 6.58 Å². The number of hydrogen-bond acceptors (Lipinski definition) is 4. The fourth-order valence-electron chi connectivity index (χ4n) is 5.08. The Kier molecular flexibility index (Phi) is 3.89. The molecule has 2 aliphatic heterocycles. The van der Waals surface area contributed by atoms with Gasteiger partial charge in [0.25, 0.3) is 0 Å². The normalized spacial score (nSPS) is 44.8. The van der Waals surface area contributed by atoms with E-state index in [9.17, 15) is 14.7 Å². The van der Waals surface area contributed by atoms with E-state index in [4.69, 9.17) is 4.74 Å². The van der Waals surface area contributed by atoms with Crippen LogP contribution in [0.4, 0.5) is 0 Å². The number of ketones is 2. The molecule has 0 amide bonds. The number of aliphatic hydroxyl groups is 1. The van der Waals surface area contributed by atoms with E-state index >= 15 is 0 Å². The van der Waals surface area contributed by atoms with Crippen molar-refractivity contribution in [2.75, 3.05) is 0 Å². The minimum Gasteiger partial charge on any atom is -0.365 e. The molecular formula is C20H30O4. The van der Waals surface area contributed by atoms with Crippen molar-refractivity contribution in [2.24, 2.45) is 16.7 Å². The highest BCUT2D eigenvalue weighted by atomic mass is 16.7. The SMILES string of the molecule is C=C1CCC(=O)C2(C)CCC3(O)OC12CC3(C)CCC(=O)C(C)C. The smallest absolute Gasteiger partial charge is 0.172 e. The van der Waals surface area contributed by atoms with Gasteiger partial charge in [0, 0.05) is 30.6 Å². The van der Waals surface area contributed by atoms with Crippen LogP contribution in [0.5, 0.6) is 0 Å². The van der Waals surface area contributed by atoms with Gasteiger partial charge in [-0.05, 0) is 38.2 Å². The Morgan fingerprint density at radius 1 is 1.29 bits per heavy atom. The summed E-state index contributed by atoms with van der Waals surface area (Å²) in [6, 6.07) is 0. The molecule has 4 nitrogen and oxygen atoms in total. The van der Waals surface area contributed by atoms with Crippen LogP contribution in [0, 0.1) is 16.7 Å². The van der Waals surface area contributed by atoms with Crippen molar-refractivity contribution in [3.63, 3.8) is 0 Å². The van der Waals surface area contributed by atoms with Gasteiger partial charge in [-0.3, -0.25) is 9.59 Å². The van der Waals surface area contributed by atoms with Crippen LogP contribution >= 0.6 is 0 Å². The molecule has 1 spiro atoms. The lowest BCUT2D eigenvalue weighted by Gasteiger charge is -2.53. The van der Waals surface area contributed by atoms with Crippen molar-refractivity contribution in [3.8, 4) is 0 Å². The largest absolute Gasteiger partial charge is 0.365 e. The lowest BCUT2D eigenvalue weighted by Crippen LogP contribution is -2.59. The molecule has 3 aliphatic rings. The van der Waals surface area contributed by atoms with Gasteiger partial charge in [0.2, 0.25) is 0 Å². The predicted molar refractivity (Wildman–Crippen MR) is 91.3 cm³/mol. The summed E-state index contributed by atoms with van der Waals surface area (Å²) in [6.45, 7) is 12.0. The Morgan fingerprint density at radius 3 is 2.58 bits per heavy atom. The van der Waals surface area contributed by atoms with Gasteiger partial charge in [0.05, 0.1) is 5.41 Å². The van der Waals surface area contributed by atoms with E-state index in [1.807, 2.05) is 27.7 Å². The maximum absolute atomic E-state index is 12.7. The summed E-state index contributed by atoms with van der Waals surface area (Å²) in [6.07, 6.45) is 3.80. The van der Waals surface area contributed by atoms with E-state index in [1.54, 1.807) is 0 Å². The average Bonchev–Trinajstić information content (AvgIpc) is 2.72. The number of hydrogen-bond donors (Lipinski definition) is 1. The maximum Gasteiger partial charge on any atom is 0.172 e. The van der Waals surface area contributed by atoms with Gasteiger partial charge < -0.3 is 9.84 Å². The fraction of sp³-hybridized carbons (Fsp3) is 0.800. The highest BCUT2D eigenvalue weighted by Gasteiger charge is 2.73. The average molecular weight is 334 g/mol. The number of carbonyl (C=O) groups is 2. The molecule has 0 aromatic rings. The first kappa shape index (κ1) is 17.8. The predicted octanol–water partition coefficient (Wildman–Crippen LogP) is 3.56. The van der Waals surface area contributed by atoms with Gasteiger partial charge >= 0.3 is 0 Å². The Bertz CT molecular complexity index is 609. The number of rotatable bonds is 4. The second-order valence-electron chi connectivity index (χ2n) is 8.93. The van der Waals surface area contributed by atoms with E-state index < -0.39 is 22.2 Å². The first-order valence-electron chi connectivity index (χ1n) is 9.17. The highest BCUT2D eigenvalue weighted by molar-refractivity contribution is 5.88. The lowest BCUT2D eigenvalue weighted by atomic mass is 9.57. The Balaban J connectivity index is 1.95. The third-order valence-corrected chi connectivity index (χ3v) is 7.19. The quantitative estimate of drug-likeness (QED) is 0.798. The Morgan fingerprint density at radius 2 is 1.96 bits per heavy atom. The zero-order valence-corrected chi connectivity index (χ0v) is 15.4. The van der Waals surface area contributed by atoms with Crippen molar-refractivity contribution in [3.05, 3.63) is 12.2 Å². The second kappa shape index (κ2) is 5.25. The van der Waals surface area contributed by atoms with Crippen molar-refractivity contribution < 1.29 is 19.4 Å². The molecule has 0 aromatic heterocycles. The maximum atomic E-state index is 12.7. The molecule has 1 N–H and O–H groups in total. The van der Waals surface area contributed by atoms with Gasteiger partial charge in [-0.25, -0.2) is 0 Å². The minimum atomic E-state index is -1.27. The molecule has 2 bridgehead atoms. The number of Topliss-reactive ketones (excluding diaryl/α,β-unsaturated/α-hetero) is 2. The van der Waals surface area contributed by atoms with Crippen molar-refractivity contribution in [2.45, 2.75) is 84.0 Å². The van der Waals surface area contributed by atoms with Gasteiger partial charge in [-0.2, -0.15) is 0 Å². The molecule has 3 rings (SSSR count). The molecule has 134 valence electrons. The van der Waals surface area contributed by atoms with Crippen molar-refractivity contribution >= 4 is 11.6 Å². The minimum absolute atomic E-state index is 0.000378. The fourth-order valence-corrected chi connectivity index (χ4v) is 5.08. The van der Waals surface area contributed by atoms with Crippen LogP contribution in [0.1, 0.15) is 72.6 Å². The first-order chi connectivity index (χ1) is 11.0. The molecule has 0 radical (unpaired) electrons. The van der Waals surface area contributed by atoms with E-state index in [1.165, 1.54) is 0 Å². The van der Waals surface area contributed by atoms with E-state index in [0.717, 1.165) is 5.57 Å². The number of carbonyl (C=O) groups excluding carboxylic acids is 2. The number of ether oxygens (including phenoxy) is 1. The lowest BCUT2D eigenvalue weighted by molar-refractivity contribution is -0.297. The molecule has 1 saturated carbocycles. The third-order valence-electron chi connectivity index (χ3n) is 7.19. The van der Waals surface area contributed by atoms with E-state index in [0.29, 0.717) is 44.9 Å². The summed E-state index contributed by atoms with van der Waals surface area (Å²) in [4.78, 5) is 24.8. The molecule has 2 heterocycles.